The molecule has 0 aliphatic rings. The fourth-order valence-corrected chi connectivity index (χ4v) is 2.39. The number of aryl methyl sites for hydroxylation is 1. The van der Waals surface area contributed by atoms with E-state index in [4.69, 9.17) is 0 Å². The van der Waals surface area contributed by atoms with Crippen LogP contribution >= 0.6 is 0 Å². The van der Waals surface area contributed by atoms with Crippen LogP contribution in [0.5, 0.6) is 0 Å². The van der Waals surface area contributed by atoms with Gasteiger partial charge in [0.2, 0.25) is 0 Å². The second-order valence-electron chi connectivity index (χ2n) is 5.33. The van der Waals surface area contributed by atoms with Gasteiger partial charge in [0, 0.05) is 24.8 Å². The average Bonchev–Trinajstić information content (AvgIpc) is 2.43. The van der Waals surface area contributed by atoms with Crippen molar-refractivity contribution in [3.8, 4) is 0 Å². The van der Waals surface area contributed by atoms with Crippen molar-refractivity contribution in [3.05, 3.63) is 64.3 Å². The highest BCUT2D eigenvalue weighted by Crippen LogP contribution is 2.11. The molecule has 0 amide bonds. The second-order valence-corrected chi connectivity index (χ2v) is 5.33. The first-order chi connectivity index (χ1) is 10.1. The number of rotatable bonds is 6. The molecule has 1 aromatic heterocycles. The SMILES string of the molecule is CCCn1cc(NC(C)Cc2cccc(F)c2)ccc1=O. The molecule has 0 spiro atoms. The summed E-state index contributed by atoms with van der Waals surface area (Å²) in [7, 11) is 0. The van der Waals surface area contributed by atoms with Gasteiger partial charge in [0.1, 0.15) is 5.82 Å². The number of nitrogens with zero attached hydrogens (tertiary/aromatic N) is 1. The molecule has 21 heavy (non-hydrogen) atoms. The van der Waals surface area contributed by atoms with Gasteiger partial charge in [-0.15, -0.1) is 0 Å². The maximum Gasteiger partial charge on any atom is 0.250 e. The zero-order chi connectivity index (χ0) is 15.2. The van der Waals surface area contributed by atoms with E-state index < -0.39 is 0 Å². The van der Waals surface area contributed by atoms with Gasteiger partial charge in [-0.2, -0.15) is 0 Å². The number of hydrogen-bond acceptors (Lipinski definition) is 2. The fourth-order valence-electron chi connectivity index (χ4n) is 2.39. The number of aromatic nitrogens is 1. The Morgan fingerprint density at radius 3 is 2.81 bits per heavy atom. The van der Waals surface area contributed by atoms with Crippen molar-refractivity contribution in [1.82, 2.24) is 4.57 Å². The fraction of sp³-hybridized carbons (Fsp3) is 0.353. The molecule has 1 heterocycles. The zero-order valence-electron chi connectivity index (χ0n) is 12.5. The predicted molar refractivity (Wildman–Crippen MR) is 84.2 cm³/mol. The number of halogens is 1. The molecule has 112 valence electrons. The van der Waals surface area contributed by atoms with Gasteiger partial charge in [-0.05, 0) is 43.5 Å². The van der Waals surface area contributed by atoms with Crippen LogP contribution in [-0.2, 0) is 13.0 Å². The van der Waals surface area contributed by atoms with Crippen LogP contribution in [0.4, 0.5) is 10.1 Å². The summed E-state index contributed by atoms with van der Waals surface area (Å²) in [5, 5.41) is 3.35. The van der Waals surface area contributed by atoms with Crippen LogP contribution in [0.1, 0.15) is 25.8 Å². The highest BCUT2D eigenvalue weighted by molar-refractivity contribution is 5.41. The molecule has 2 aromatic rings. The topological polar surface area (TPSA) is 34.0 Å². The van der Waals surface area contributed by atoms with E-state index in [2.05, 4.69) is 5.32 Å². The summed E-state index contributed by atoms with van der Waals surface area (Å²) in [4.78, 5) is 11.7. The standard InChI is InChI=1S/C17H21FN2O/c1-3-9-20-12-16(7-8-17(20)21)19-13(2)10-14-5-4-6-15(18)11-14/h4-8,11-13,19H,3,9-10H2,1-2H3. The number of nitrogens with one attached hydrogen (secondary N) is 1. The summed E-state index contributed by atoms with van der Waals surface area (Å²) in [6.45, 7) is 4.80. The lowest BCUT2D eigenvalue weighted by Crippen LogP contribution is -2.22. The Hall–Kier alpha value is -2.10. The maximum atomic E-state index is 13.2. The quantitative estimate of drug-likeness (QED) is 0.883. The number of benzene rings is 1. The minimum absolute atomic E-state index is 0.0141. The molecule has 1 N–H and O–H groups in total. The molecule has 0 radical (unpaired) electrons. The van der Waals surface area contributed by atoms with E-state index in [1.807, 2.05) is 26.1 Å². The van der Waals surface area contributed by atoms with Crippen LogP contribution in [0, 0.1) is 5.82 Å². The van der Waals surface area contributed by atoms with E-state index in [0.29, 0.717) is 6.54 Å². The summed E-state index contributed by atoms with van der Waals surface area (Å²) in [6.07, 6.45) is 3.49. The molecule has 4 heteroatoms. The molecule has 0 saturated carbocycles. The molecular weight excluding hydrogens is 267 g/mol. The van der Waals surface area contributed by atoms with Crippen LogP contribution in [-0.4, -0.2) is 10.6 Å². The zero-order valence-corrected chi connectivity index (χ0v) is 12.5. The Kier molecular flexibility index (Phi) is 5.14. The van der Waals surface area contributed by atoms with Crippen LogP contribution in [0.15, 0.2) is 47.4 Å². The predicted octanol–water partition coefficient (Wildman–Crippen LogP) is 3.44. The van der Waals surface area contributed by atoms with Gasteiger partial charge in [0.05, 0.1) is 5.69 Å². The number of hydrogen-bond donors (Lipinski definition) is 1. The van der Waals surface area contributed by atoms with Gasteiger partial charge in [0.25, 0.3) is 5.56 Å². The average molecular weight is 288 g/mol. The first kappa shape index (κ1) is 15.3. The highest BCUT2D eigenvalue weighted by Gasteiger charge is 2.06. The largest absolute Gasteiger partial charge is 0.381 e. The summed E-state index contributed by atoms with van der Waals surface area (Å²) < 4.78 is 14.9. The lowest BCUT2D eigenvalue weighted by molar-refractivity contribution is 0.623. The number of anilines is 1. The van der Waals surface area contributed by atoms with Crippen molar-refractivity contribution in [3.63, 3.8) is 0 Å². The molecule has 0 saturated heterocycles. The van der Waals surface area contributed by atoms with E-state index in [0.717, 1.165) is 24.1 Å². The Morgan fingerprint density at radius 2 is 2.10 bits per heavy atom. The molecule has 2 rings (SSSR count). The smallest absolute Gasteiger partial charge is 0.250 e. The number of pyridine rings is 1. The van der Waals surface area contributed by atoms with Gasteiger partial charge >= 0.3 is 0 Å². The Morgan fingerprint density at radius 1 is 1.29 bits per heavy atom. The van der Waals surface area contributed by atoms with Crippen LogP contribution in [0.25, 0.3) is 0 Å². The second kappa shape index (κ2) is 7.07. The van der Waals surface area contributed by atoms with Crippen molar-refractivity contribution in [2.24, 2.45) is 0 Å². The lowest BCUT2D eigenvalue weighted by Gasteiger charge is -2.16. The van der Waals surface area contributed by atoms with Gasteiger partial charge in [0.15, 0.2) is 0 Å². The van der Waals surface area contributed by atoms with Crippen molar-refractivity contribution in [2.75, 3.05) is 5.32 Å². The minimum Gasteiger partial charge on any atom is -0.381 e. The van der Waals surface area contributed by atoms with Crippen molar-refractivity contribution >= 4 is 5.69 Å². The van der Waals surface area contributed by atoms with Crippen molar-refractivity contribution < 1.29 is 4.39 Å². The van der Waals surface area contributed by atoms with E-state index in [1.54, 1.807) is 28.8 Å². The molecule has 1 atom stereocenters. The Labute approximate surface area is 124 Å². The monoisotopic (exact) mass is 288 g/mol. The third kappa shape index (κ3) is 4.45. The van der Waals surface area contributed by atoms with Crippen LogP contribution < -0.4 is 10.9 Å². The molecule has 0 fully saturated rings. The molecule has 0 bridgehead atoms. The van der Waals surface area contributed by atoms with Gasteiger partial charge in [-0.3, -0.25) is 4.79 Å². The van der Waals surface area contributed by atoms with Crippen LogP contribution in [0.2, 0.25) is 0 Å². The molecule has 1 aromatic carbocycles. The van der Waals surface area contributed by atoms with Gasteiger partial charge in [-0.1, -0.05) is 19.1 Å². The van der Waals surface area contributed by atoms with Crippen LogP contribution in [0.3, 0.4) is 0 Å². The summed E-state index contributed by atoms with van der Waals surface area (Å²) in [6, 6.07) is 10.2. The van der Waals surface area contributed by atoms with Gasteiger partial charge in [-0.25, -0.2) is 4.39 Å². The maximum absolute atomic E-state index is 13.2. The van der Waals surface area contributed by atoms with E-state index >= 15 is 0 Å². The Bertz CT molecular complexity index is 651. The normalized spacial score (nSPS) is 12.1. The third-order valence-corrected chi connectivity index (χ3v) is 3.29. The van der Waals surface area contributed by atoms with Crippen molar-refractivity contribution in [1.29, 1.82) is 0 Å². The van der Waals surface area contributed by atoms with Crippen molar-refractivity contribution in [2.45, 2.75) is 39.3 Å². The molecular formula is C17H21FN2O. The first-order valence-electron chi connectivity index (χ1n) is 7.30. The highest BCUT2D eigenvalue weighted by atomic mass is 19.1. The molecule has 3 nitrogen and oxygen atoms in total. The minimum atomic E-state index is -0.212. The molecule has 0 aliphatic carbocycles. The van der Waals surface area contributed by atoms with E-state index in [-0.39, 0.29) is 17.4 Å². The van der Waals surface area contributed by atoms with E-state index in [1.165, 1.54) is 6.07 Å². The molecule has 0 aliphatic heterocycles. The lowest BCUT2D eigenvalue weighted by atomic mass is 10.1. The summed E-state index contributed by atoms with van der Waals surface area (Å²) in [5.41, 5.74) is 1.88. The van der Waals surface area contributed by atoms with E-state index in [9.17, 15) is 9.18 Å². The summed E-state index contributed by atoms with van der Waals surface area (Å²) in [5.74, 6) is -0.212. The summed E-state index contributed by atoms with van der Waals surface area (Å²) >= 11 is 0. The Balaban J connectivity index is 2.04. The van der Waals surface area contributed by atoms with Gasteiger partial charge < -0.3 is 9.88 Å². The first-order valence-corrected chi connectivity index (χ1v) is 7.30. The third-order valence-electron chi connectivity index (χ3n) is 3.29. The molecule has 1 unspecified atom stereocenters.